The number of rotatable bonds is 7. The van der Waals surface area contributed by atoms with E-state index in [1.54, 1.807) is 0 Å². The van der Waals surface area contributed by atoms with E-state index in [-0.39, 0.29) is 18.1 Å². The molecule has 2 unspecified atom stereocenters. The largest absolute Gasteiger partial charge is 0.491 e. The van der Waals surface area contributed by atoms with E-state index in [1.807, 2.05) is 38.1 Å². The number of piperidine rings is 1. The zero-order valence-electron chi connectivity index (χ0n) is 14.0. The van der Waals surface area contributed by atoms with Gasteiger partial charge in [0.2, 0.25) is 0 Å². The molecule has 0 aromatic heterocycles. The fraction of sp³-hybridized carbons (Fsp3) is 0.611. The molecular formula is C18H26N2O3. The summed E-state index contributed by atoms with van der Waals surface area (Å²) in [6, 6.07) is 8.51. The van der Waals surface area contributed by atoms with Crippen LogP contribution in [0.25, 0.3) is 0 Å². The topological polar surface area (TPSA) is 59.6 Å². The van der Waals surface area contributed by atoms with Crippen LogP contribution in [0.15, 0.2) is 24.3 Å². The molecule has 2 N–H and O–H groups in total. The lowest BCUT2D eigenvalue weighted by atomic mass is 10.0. The van der Waals surface area contributed by atoms with E-state index < -0.39 is 0 Å². The standard InChI is InChI=1S/C18H26N2O3/c1-11(2)23-13-6-4-12(5-7-13)16(8-17(21)22-3)20-18-14-9-19-10-15(14)18/h4-7,11,14-16,18-20H,8-10H2,1-3H3/t14-,15+,16?,18?. The van der Waals surface area contributed by atoms with Gasteiger partial charge in [0.1, 0.15) is 5.75 Å². The second kappa shape index (κ2) is 6.89. The summed E-state index contributed by atoms with van der Waals surface area (Å²) in [7, 11) is 1.44. The van der Waals surface area contributed by atoms with E-state index in [4.69, 9.17) is 9.47 Å². The molecular weight excluding hydrogens is 292 g/mol. The van der Waals surface area contributed by atoms with Gasteiger partial charge in [-0.15, -0.1) is 0 Å². The predicted molar refractivity (Wildman–Crippen MR) is 88.4 cm³/mol. The molecule has 3 rings (SSSR count). The lowest BCUT2D eigenvalue weighted by Gasteiger charge is -2.20. The molecule has 23 heavy (non-hydrogen) atoms. The van der Waals surface area contributed by atoms with Crippen LogP contribution in [0.4, 0.5) is 0 Å². The van der Waals surface area contributed by atoms with Crippen LogP contribution in [0, 0.1) is 11.8 Å². The second-order valence-electron chi connectivity index (χ2n) is 6.75. The number of hydrogen-bond acceptors (Lipinski definition) is 5. The number of fused-ring (bicyclic) bond motifs is 1. The first-order valence-electron chi connectivity index (χ1n) is 8.38. The van der Waals surface area contributed by atoms with Crippen molar-refractivity contribution < 1.29 is 14.3 Å². The molecule has 2 fully saturated rings. The molecule has 1 heterocycles. The van der Waals surface area contributed by atoms with Crippen molar-refractivity contribution in [3.63, 3.8) is 0 Å². The highest BCUT2D eigenvalue weighted by Gasteiger charge is 2.53. The lowest BCUT2D eigenvalue weighted by molar-refractivity contribution is -0.141. The van der Waals surface area contributed by atoms with Gasteiger partial charge in [-0.1, -0.05) is 12.1 Å². The average molecular weight is 318 g/mol. The monoisotopic (exact) mass is 318 g/mol. The highest BCUT2D eigenvalue weighted by molar-refractivity contribution is 5.70. The van der Waals surface area contributed by atoms with Crippen LogP contribution in [-0.4, -0.2) is 38.3 Å². The lowest BCUT2D eigenvalue weighted by Crippen LogP contribution is -2.32. The minimum atomic E-state index is -0.186. The Balaban J connectivity index is 1.68. The van der Waals surface area contributed by atoms with Gasteiger partial charge in [-0.05, 0) is 56.5 Å². The molecule has 1 aromatic carbocycles. The third-order valence-corrected chi connectivity index (χ3v) is 4.74. The number of carbonyl (C=O) groups is 1. The summed E-state index contributed by atoms with van der Waals surface area (Å²) in [6.07, 6.45) is 0.507. The van der Waals surface area contributed by atoms with Gasteiger partial charge in [-0.25, -0.2) is 0 Å². The molecule has 1 saturated heterocycles. The van der Waals surface area contributed by atoms with E-state index >= 15 is 0 Å². The Morgan fingerprint density at radius 1 is 1.26 bits per heavy atom. The molecule has 2 aliphatic rings. The first-order chi connectivity index (χ1) is 11.1. The molecule has 0 amide bonds. The fourth-order valence-corrected chi connectivity index (χ4v) is 3.47. The van der Waals surface area contributed by atoms with Crippen molar-refractivity contribution in [1.82, 2.24) is 10.6 Å². The van der Waals surface area contributed by atoms with Gasteiger partial charge in [0.25, 0.3) is 0 Å². The Bertz CT molecular complexity index is 534. The maximum Gasteiger partial charge on any atom is 0.307 e. The Hall–Kier alpha value is -1.59. The summed E-state index contributed by atoms with van der Waals surface area (Å²) >= 11 is 0. The van der Waals surface area contributed by atoms with Crippen LogP contribution in [0.2, 0.25) is 0 Å². The quantitative estimate of drug-likeness (QED) is 0.752. The third-order valence-electron chi connectivity index (χ3n) is 4.74. The highest BCUT2D eigenvalue weighted by atomic mass is 16.5. The number of esters is 1. The number of benzene rings is 1. The number of ether oxygens (including phenoxy) is 2. The van der Waals surface area contributed by atoms with Crippen LogP contribution in [0.5, 0.6) is 5.75 Å². The number of carbonyl (C=O) groups excluding carboxylic acids is 1. The van der Waals surface area contributed by atoms with E-state index in [1.165, 1.54) is 7.11 Å². The highest BCUT2D eigenvalue weighted by Crippen LogP contribution is 2.43. The molecule has 4 atom stereocenters. The Kier molecular flexibility index (Phi) is 4.87. The molecule has 0 spiro atoms. The zero-order chi connectivity index (χ0) is 16.4. The Morgan fingerprint density at radius 2 is 1.91 bits per heavy atom. The first kappa shape index (κ1) is 16.3. The molecule has 1 aromatic rings. The average Bonchev–Trinajstić information content (AvgIpc) is 2.95. The van der Waals surface area contributed by atoms with Crippen LogP contribution >= 0.6 is 0 Å². The van der Waals surface area contributed by atoms with E-state index in [9.17, 15) is 4.79 Å². The molecule has 0 radical (unpaired) electrons. The van der Waals surface area contributed by atoms with Gasteiger partial charge >= 0.3 is 5.97 Å². The molecule has 1 aliphatic heterocycles. The van der Waals surface area contributed by atoms with Gasteiger partial charge in [0, 0.05) is 12.1 Å². The van der Waals surface area contributed by atoms with E-state index in [2.05, 4.69) is 10.6 Å². The number of methoxy groups -OCH3 is 1. The van der Waals surface area contributed by atoms with E-state index in [0.29, 0.717) is 24.3 Å². The van der Waals surface area contributed by atoms with Gasteiger partial charge < -0.3 is 20.1 Å². The van der Waals surface area contributed by atoms with Crippen molar-refractivity contribution in [3.8, 4) is 5.75 Å². The normalized spacial score (nSPS) is 26.7. The SMILES string of the molecule is COC(=O)CC(NC1[C@H]2CNC[C@@H]12)c1ccc(OC(C)C)cc1. The van der Waals surface area contributed by atoms with Crippen LogP contribution < -0.4 is 15.4 Å². The summed E-state index contributed by atoms with van der Waals surface area (Å²) in [6.45, 7) is 6.17. The first-order valence-corrected chi connectivity index (χ1v) is 8.38. The molecule has 5 nitrogen and oxygen atoms in total. The predicted octanol–water partition coefficient (Wildman–Crippen LogP) is 1.89. The van der Waals surface area contributed by atoms with Crippen molar-refractivity contribution in [2.45, 2.75) is 38.5 Å². The molecule has 0 bridgehead atoms. The minimum Gasteiger partial charge on any atom is -0.491 e. The summed E-state index contributed by atoms with van der Waals surface area (Å²) in [4.78, 5) is 11.8. The Morgan fingerprint density at radius 3 is 2.48 bits per heavy atom. The van der Waals surface area contributed by atoms with Gasteiger partial charge in [-0.3, -0.25) is 4.79 Å². The van der Waals surface area contributed by atoms with Crippen LogP contribution in [-0.2, 0) is 9.53 Å². The molecule has 126 valence electrons. The third kappa shape index (κ3) is 3.85. The number of hydrogen-bond donors (Lipinski definition) is 2. The smallest absolute Gasteiger partial charge is 0.307 e. The molecule has 1 saturated carbocycles. The van der Waals surface area contributed by atoms with Gasteiger partial charge in [0.05, 0.1) is 19.6 Å². The van der Waals surface area contributed by atoms with Crippen LogP contribution in [0.3, 0.4) is 0 Å². The van der Waals surface area contributed by atoms with Crippen molar-refractivity contribution >= 4 is 5.97 Å². The summed E-state index contributed by atoms with van der Waals surface area (Å²) in [5.74, 6) is 2.08. The second-order valence-corrected chi connectivity index (χ2v) is 6.75. The maximum atomic E-state index is 11.8. The zero-order valence-corrected chi connectivity index (χ0v) is 14.0. The van der Waals surface area contributed by atoms with Gasteiger partial charge in [0.15, 0.2) is 0 Å². The van der Waals surface area contributed by atoms with Crippen LogP contribution in [0.1, 0.15) is 31.9 Å². The summed E-state index contributed by atoms with van der Waals surface area (Å²) in [5.41, 5.74) is 1.10. The number of nitrogens with one attached hydrogen (secondary N) is 2. The van der Waals surface area contributed by atoms with Crippen molar-refractivity contribution in [1.29, 1.82) is 0 Å². The summed E-state index contributed by atoms with van der Waals surface area (Å²) in [5, 5.41) is 7.05. The van der Waals surface area contributed by atoms with Crippen molar-refractivity contribution in [3.05, 3.63) is 29.8 Å². The molecule has 5 heteroatoms. The van der Waals surface area contributed by atoms with Crippen molar-refractivity contribution in [2.75, 3.05) is 20.2 Å². The summed E-state index contributed by atoms with van der Waals surface area (Å²) < 4.78 is 10.5. The minimum absolute atomic E-state index is 0.00819. The maximum absolute atomic E-state index is 11.8. The van der Waals surface area contributed by atoms with E-state index in [0.717, 1.165) is 24.4 Å². The Labute approximate surface area is 137 Å². The van der Waals surface area contributed by atoms with Crippen molar-refractivity contribution in [2.24, 2.45) is 11.8 Å². The fourth-order valence-electron chi connectivity index (χ4n) is 3.47. The van der Waals surface area contributed by atoms with Gasteiger partial charge in [-0.2, -0.15) is 0 Å². The molecule has 1 aliphatic carbocycles.